The molecule has 0 aromatic carbocycles. The summed E-state index contributed by atoms with van der Waals surface area (Å²) in [5.41, 5.74) is -0.641. The summed E-state index contributed by atoms with van der Waals surface area (Å²) in [4.78, 5) is 13.4. The van der Waals surface area contributed by atoms with Crippen LogP contribution in [0.25, 0.3) is 0 Å². The van der Waals surface area contributed by atoms with Crippen LogP contribution in [0.2, 0.25) is 0 Å². The lowest BCUT2D eigenvalue weighted by molar-refractivity contribution is -0.900. The first-order valence-electron chi connectivity index (χ1n) is 7.09. The molecule has 1 amide bonds. The van der Waals surface area contributed by atoms with Crippen LogP contribution in [0.15, 0.2) is 0 Å². The number of nitrogens with one attached hydrogen (secondary N) is 2. The van der Waals surface area contributed by atoms with E-state index in [0.29, 0.717) is 18.4 Å². The number of carbonyl (C=O) groups is 1. The molecule has 1 saturated heterocycles. The first-order chi connectivity index (χ1) is 8.53. The van der Waals surface area contributed by atoms with Crippen LogP contribution in [-0.4, -0.2) is 31.1 Å². The summed E-state index contributed by atoms with van der Waals surface area (Å²) < 4.78 is 0. The monoisotopic (exact) mass is 250 g/mol. The first-order valence-corrected chi connectivity index (χ1v) is 7.09. The lowest BCUT2D eigenvalue weighted by atomic mass is 9.97. The van der Waals surface area contributed by atoms with E-state index in [1.165, 1.54) is 17.7 Å². The molecule has 0 aromatic rings. The Bertz CT molecular complexity index is 359. The first kappa shape index (κ1) is 13.4. The van der Waals surface area contributed by atoms with Crippen molar-refractivity contribution in [1.82, 2.24) is 5.32 Å². The zero-order valence-electron chi connectivity index (χ0n) is 11.5. The Morgan fingerprint density at radius 3 is 2.78 bits per heavy atom. The van der Waals surface area contributed by atoms with Crippen LogP contribution in [0.3, 0.4) is 0 Å². The van der Waals surface area contributed by atoms with Crippen molar-refractivity contribution < 1.29 is 9.69 Å². The minimum atomic E-state index is -0.641. The zero-order chi connectivity index (χ0) is 13.2. The van der Waals surface area contributed by atoms with Crippen molar-refractivity contribution in [3.05, 3.63) is 0 Å². The van der Waals surface area contributed by atoms with Gasteiger partial charge in [-0.25, -0.2) is 0 Å². The van der Waals surface area contributed by atoms with Crippen molar-refractivity contribution in [3.63, 3.8) is 0 Å². The number of piperidine rings is 1. The van der Waals surface area contributed by atoms with Crippen LogP contribution in [0.5, 0.6) is 0 Å². The van der Waals surface area contributed by atoms with E-state index < -0.39 is 5.54 Å². The van der Waals surface area contributed by atoms with Gasteiger partial charge >= 0.3 is 0 Å². The quantitative estimate of drug-likeness (QED) is 0.744. The van der Waals surface area contributed by atoms with Gasteiger partial charge in [-0.1, -0.05) is 6.92 Å². The van der Waals surface area contributed by atoms with Crippen LogP contribution in [0, 0.1) is 23.2 Å². The second kappa shape index (κ2) is 5.27. The maximum absolute atomic E-state index is 12.0. The Morgan fingerprint density at radius 2 is 2.22 bits per heavy atom. The highest BCUT2D eigenvalue weighted by Crippen LogP contribution is 2.39. The number of carbonyl (C=O) groups excluding carboxylic acids is 1. The Hall–Kier alpha value is -1.08. The normalized spacial score (nSPS) is 31.2. The number of quaternary nitrogens is 1. The maximum Gasteiger partial charge on any atom is 0.276 e. The molecule has 2 N–H and O–H groups in total. The highest BCUT2D eigenvalue weighted by molar-refractivity contribution is 5.78. The molecule has 0 spiro atoms. The van der Waals surface area contributed by atoms with Crippen molar-refractivity contribution in [2.24, 2.45) is 11.8 Å². The molecule has 0 radical (unpaired) electrons. The second-order valence-electron chi connectivity index (χ2n) is 6.26. The molecular formula is C14H24N3O+. The van der Waals surface area contributed by atoms with Crippen molar-refractivity contribution in [1.29, 1.82) is 5.26 Å². The van der Waals surface area contributed by atoms with E-state index in [1.54, 1.807) is 0 Å². The predicted octanol–water partition coefficient (Wildman–Crippen LogP) is 0.110. The van der Waals surface area contributed by atoms with E-state index in [0.717, 1.165) is 25.9 Å². The highest BCUT2D eigenvalue weighted by atomic mass is 16.2. The summed E-state index contributed by atoms with van der Waals surface area (Å²) in [5.74, 6) is 1.11. The van der Waals surface area contributed by atoms with E-state index in [1.807, 2.05) is 6.92 Å². The topological polar surface area (TPSA) is 57.3 Å². The molecule has 18 heavy (non-hydrogen) atoms. The van der Waals surface area contributed by atoms with Crippen molar-refractivity contribution in [3.8, 4) is 6.07 Å². The molecule has 3 atom stereocenters. The molecule has 1 aliphatic carbocycles. The molecule has 2 aliphatic rings. The fourth-order valence-corrected chi connectivity index (χ4v) is 3.00. The zero-order valence-corrected chi connectivity index (χ0v) is 11.5. The summed E-state index contributed by atoms with van der Waals surface area (Å²) >= 11 is 0. The van der Waals surface area contributed by atoms with Gasteiger partial charge in [-0.05, 0) is 38.5 Å². The lowest BCUT2D eigenvalue weighted by Crippen LogP contribution is -3.14. The van der Waals surface area contributed by atoms with Gasteiger partial charge in [0.15, 0.2) is 6.54 Å². The van der Waals surface area contributed by atoms with Crippen molar-refractivity contribution >= 4 is 5.91 Å². The summed E-state index contributed by atoms with van der Waals surface area (Å²) in [6.07, 6.45) is 4.63. The Balaban J connectivity index is 1.83. The van der Waals surface area contributed by atoms with Crippen molar-refractivity contribution in [2.75, 3.05) is 19.6 Å². The van der Waals surface area contributed by atoms with Gasteiger partial charge in [0.05, 0.1) is 19.2 Å². The maximum atomic E-state index is 12.0. The molecule has 2 fully saturated rings. The van der Waals surface area contributed by atoms with E-state index in [9.17, 15) is 10.1 Å². The number of amides is 1. The highest BCUT2D eigenvalue weighted by Gasteiger charge is 2.43. The van der Waals surface area contributed by atoms with Crippen LogP contribution < -0.4 is 10.2 Å². The van der Waals surface area contributed by atoms with Gasteiger partial charge in [0.2, 0.25) is 0 Å². The molecule has 0 aromatic heterocycles. The molecule has 100 valence electrons. The standard InChI is InChI=1S/C14H23N3O/c1-11-4-3-7-17(8-11)9-13(18)16-14(2,10-15)12-5-6-12/h11-12H,3-9H2,1-2H3,(H,16,18)/p+1/t11-,14-/m0/s1. The molecule has 1 aliphatic heterocycles. The summed E-state index contributed by atoms with van der Waals surface area (Å²) in [7, 11) is 0. The Morgan fingerprint density at radius 1 is 1.50 bits per heavy atom. The number of rotatable bonds is 4. The molecule has 1 unspecified atom stereocenters. The van der Waals surface area contributed by atoms with Gasteiger partial charge in [0.25, 0.3) is 5.91 Å². The molecule has 1 heterocycles. The molecule has 0 bridgehead atoms. The van der Waals surface area contributed by atoms with Gasteiger partial charge < -0.3 is 10.2 Å². The molecule has 1 saturated carbocycles. The smallest absolute Gasteiger partial charge is 0.276 e. The van der Waals surface area contributed by atoms with Crippen molar-refractivity contribution in [2.45, 2.75) is 45.1 Å². The van der Waals surface area contributed by atoms with Gasteiger partial charge in [-0.15, -0.1) is 0 Å². The predicted molar refractivity (Wildman–Crippen MR) is 68.8 cm³/mol. The average molecular weight is 250 g/mol. The molecular weight excluding hydrogens is 226 g/mol. The number of hydrogen-bond donors (Lipinski definition) is 2. The summed E-state index contributed by atoms with van der Waals surface area (Å²) in [5, 5.41) is 12.2. The van der Waals surface area contributed by atoms with E-state index >= 15 is 0 Å². The molecule has 4 nitrogen and oxygen atoms in total. The number of nitrogens with zero attached hydrogens (tertiary/aromatic N) is 1. The molecule has 4 heteroatoms. The summed E-state index contributed by atoms with van der Waals surface area (Å²) in [6, 6.07) is 2.28. The van der Waals surface area contributed by atoms with Gasteiger partial charge in [-0.3, -0.25) is 4.79 Å². The SMILES string of the molecule is C[C@H]1CCC[NH+](CC(=O)N[C@@](C)(C#N)C2CC2)C1. The Kier molecular flexibility index (Phi) is 3.91. The minimum absolute atomic E-state index is 0.0371. The fraction of sp³-hybridized carbons (Fsp3) is 0.857. The van der Waals surface area contributed by atoms with Crippen LogP contribution in [0.1, 0.15) is 39.5 Å². The van der Waals surface area contributed by atoms with E-state index in [-0.39, 0.29) is 5.91 Å². The number of likely N-dealkylation sites (tertiary alicyclic amines) is 1. The van der Waals surface area contributed by atoms with Crippen LogP contribution in [-0.2, 0) is 4.79 Å². The number of hydrogen-bond acceptors (Lipinski definition) is 2. The largest absolute Gasteiger partial charge is 0.333 e. The van der Waals surface area contributed by atoms with Crippen LogP contribution >= 0.6 is 0 Å². The third-order valence-corrected chi connectivity index (χ3v) is 4.30. The van der Waals surface area contributed by atoms with Gasteiger partial charge in [0.1, 0.15) is 5.54 Å². The minimum Gasteiger partial charge on any atom is -0.333 e. The Labute approximate surface area is 109 Å². The van der Waals surface area contributed by atoms with Gasteiger partial charge in [-0.2, -0.15) is 5.26 Å². The van der Waals surface area contributed by atoms with E-state index in [4.69, 9.17) is 0 Å². The third-order valence-electron chi connectivity index (χ3n) is 4.30. The lowest BCUT2D eigenvalue weighted by Gasteiger charge is -2.29. The third kappa shape index (κ3) is 3.23. The van der Waals surface area contributed by atoms with E-state index in [2.05, 4.69) is 18.3 Å². The fourth-order valence-electron chi connectivity index (χ4n) is 3.00. The van der Waals surface area contributed by atoms with Crippen LogP contribution in [0.4, 0.5) is 0 Å². The summed E-state index contributed by atoms with van der Waals surface area (Å²) in [6.45, 7) is 6.80. The van der Waals surface area contributed by atoms with Gasteiger partial charge in [0, 0.05) is 5.92 Å². The second-order valence-corrected chi connectivity index (χ2v) is 6.26. The molecule has 2 rings (SSSR count). The number of nitriles is 1. The average Bonchev–Trinajstić information content (AvgIpc) is 3.12.